The van der Waals surface area contributed by atoms with Gasteiger partial charge in [-0.05, 0) is 0 Å². The molecule has 1 rings (SSSR count). The standard InChI is InChI=1S/C7H9F4NO2/c1-12-4(13)2-3-6(12,14)7(10,11)5(8)9/h5,14H,2-3H2,1H3. The summed E-state index contributed by atoms with van der Waals surface area (Å²) in [6.45, 7) is 0. The number of carbonyl (C=O) groups excluding carboxylic acids is 1. The van der Waals surface area contributed by atoms with Crippen LogP contribution in [0.15, 0.2) is 0 Å². The Morgan fingerprint density at radius 2 is 2.07 bits per heavy atom. The molecule has 1 unspecified atom stereocenters. The summed E-state index contributed by atoms with van der Waals surface area (Å²) in [5.74, 6) is -5.37. The maximum atomic E-state index is 12.9. The molecule has 0 radical (unpaired) electrons. The molecule has 1 N–H and O–H groups in total. The molecule has 0 aromatic carbocycles. The van der Waals surface area contributed by atoms with E-state index in [4.69, 9.17) is 0 Å². The molecule has 1 atom stereocenters. The molecule has 82 valence electrons. The Bertz CT molecular complexity index is 258. The van der Waals surface area contributed by atoms with Gasteiger partial charge in [-0.15, -0.1) is 0 Å². The van der Waals surface area contributed by atoms with Crippen molar-refractivity contribution in [3.8, 4) is 0 Å². The van der Waals surface area contributed by atoms with Crippen molar-refractivity contribution in [3.63, 3.8) is 0 Å². The summed E-state index contributed by atoms with van der Waals surface area (Å²) in [5.41, 5.74) is -3.06. The van der Waals surface area contributed by atoms with Gasteiger partial charge < -0.3 is 10.0 Å². The van der Waals surface area contributed by atoms with Crippen LogP contribution >= 0.6 is 0 Å². The Kier molecular flexibility index (Phi) is 2.47. The van der Waals surface area contributed by atoms with Gasteiger partial charge in [-0.3, -0.25) is 4.79 Å². The van der Waals surface area contributed by atoms with Gasteiger partial charge in [-0.2, -0.15) is 8.78 Å². The molecule has 0 aliphatic carbocycles. The van der Waals surface area contributed by atoms with Crippen molar-refractivity contribution >= 4 is 5.91 Å². The number of aliphatic hydroxyl groups is 1. The Morgan fingerprint density at radius 3 is 2.36 bits per heavy atom. The summed E-state index contributed by atoms with van der Waals surface area (Å²) in [5, 5.41) is 9.30. The number of hydrogen-bond acceptors (Lipinski definition) is 2. The molecular weight excluding hydrogens is 206 g/mol. The molecule has 14 heavy (non-hydrogen) atoms. The van der Waals surface area contributed by atoms with Gasteiger partial charge in [0, 0.05) is 19.9 Å². The number of rotatable bonds is 2. The van der Waals surface area contributed by atoms with Crippen molar-refractivity contribution in [2.24, 2.45) is 0 Å². The molecule has 1 saturated heterocycles. The van der Waals surface area contributed by atoms with Gasteiger partial charge in [0.2, 0.25) is 11.6 Å². The topological polar surface area (TPSA) is 40.5 Å². The second-order valence-electron chi connectivity index (χ2n) is 3.19. The monoisotopic (exact) mass is 215 g/mol. The molecule has 0 aromatic heterocycles. The number of alkyl halides is 4. The number of amides is 1. The Morgan fingerprint density at radius 1 is 1.57 bits per heavy atom. The molecule has 7 heteroatoms. The van der Waals surface area contributed by atoms with Crippen molar-refractivity contribution in [3.05, 3.63) is 0 Å². The average Bonchev–Trinajstić information content (AvgIpc) is 2.34. The highest BCUT2D eigenvalue weighted by atomic mass is 19.3. The number of nitrogens with zero attached hydrogens (tertiary/aromatic N) is 1. The maximum Gasteiger partial charge on any atom is 0.353 e. The van der Waals surface area contributed by atoms with E-state index in [0.29, 0.717) is 0 Å². The predicted molar refractivity (Wildman–Crippen MR) is 37.9 cm³/mol. The van der Waals surface area contributed by atoms with E-state index >= 15 is 0 Å². The van der Waals surface area contributed by atoms with Gasteiger partial charge in [0.15, 0.2) is 0 Å². The van der Waals surface area contributed by atoms with E-state index in [1.54, 1.807) is 0 Å². The lowest BCUT2D eigenvalue weighted by Crippen LogP contribution is -2.59. The second kappa shape index (κ2) is 3.08. The van der Waals surface area contributed by atoms with Gasteiger partial charge in [-0.1, -0.05) is 0 Å². The number of halogens is 4. The van der Waals surface area contributed by atoms with Gasteiger partial charge in [0.05, 0.1) is 0 Å². The number of carbonyl (C=O) groups is 1. The summed E-state index contributed by atoms with van der Waals surface area (Å²) in [4.78, 5) is 11.1. The Balaban J connectivity index is 3.01. The van der Waals surface area contributed by atoms with Crippen molar-refractivity contribution < 1.29 is 27.5 Å². The Labute approximate surface area is 77.3 Å². The molecule has 1 fully saturated rings. The van der Waals surface area contributed by atoms with Crippen LogP contribution in [0.1, 0.15) is 12.8 Å². The fraction of sp³-hybridized carbons (Fsp3) is 0.857. The molecule has 1 aliphatic heterocycles. The zero-order valence-corrected chi connectivity index (χ0v) is 7.31. The normalized spacial score (nSPS) is 29.1. The highest BCUT2D eigenvalue weighted by molar-refractivity contribution is 5.79. The van der Waals surface area contributed by atoms with Gasteiger partial charge in [0.1, 0.15) is 0 Å². The van der Waals surface area contributed by atoms with Crippen LogP contribution < -0.4 is 0 Å². The average molecular weight is 215 g/mol. The van der Waals surface area contributed by atoms with Crippen molar-refractivity contribution in [1.82, 2.24) is 4.90 Å². The molecule has 0 bridgehead atoms. The maximum absolute atomic E-state index is 12.9. The van der Waals surface area contributed by atoms with Crippen LogP contribution in [0.5, 0.6) is 0 Å². The first-order valence-electron chi connectivity index (χ1n) is 3.88. The zero-order chi connectivity index (χ0) is 11.1. The summed E-state index contributed by atoms with van der Waals surface area (Å²) in [6.07, 6.45) is -5.03. The minimum Gasteiger partial charge on any atom is -0.365 e. The lowest BCUT2D eigenvalue weighted by Gasteiger charge is -2.36. The summed E-state index contributed by atoms with van der Waals surface area (Å²) in [6, 6.07) is 0. The lowest BCUT2D eigenvalue weighted by atomic mass is 10.0. The molecule has 3 nitrogen and oxygen atoms in total. The first kappa shape index (κ1) is 11.2. The minimum atomic E-state index is -4.60. The van der Waals surface area contributed by atoms with E-state index in [1.165, 1.54) is 0 Å². The summed E-state index contributed by atoms with van der Waals surface area (Å²) in [7, 11) is 0.881. The van der Waals surface area contributed by atoms with Crippen molar-refractivity contribution in [1.29, 1.82) is 0 Å². The predicted octanol–water partition coefficient (Wildman–Crippen LogP) is 0.828. The molecule has 1 heterocycles. The van der Waals surface area contributed by atoms with Crippen molar-refractivity contribution in [2.75, 3.05) is 7.05 Å². The summed E-state index contributed by atoms with van der Waals surface area (Å²) >= 11 is 0. The highest BCUT2D eigenvalue weighted by Gasteiger charge is 2.65. The third-order valence-electron chi connectivity index (χ3n) is 2.42. The van der Waals surface area contributed by atoms with Gasteiger partial charge in [-0.25, -0.2) is 8.78 Å². The van der Waals surface area contributed by atoms with E-state index < -0.39 is 30.4 Å². The van der Waals surface area contributed by atoms with Gasteiger partial charge in [0.25, 0.3) is 0 Å². The first-order valence-corrected chi connectivity index (χ1v) is 3.88. The molecule has 0 spiro atoms. The Hall–Kier alpha value is -0.850. The fourth-order valence-corrected chi connectivity index (χ4v) is 1.39. The SMILES string of the molecule is CN1C(=O)CCC1(O)C(F)(F)C(F)F. The third-order valence-corrected chi connectivity index (χ3v) is 2.42. The van der Waals surface area contributed by atoms with E-state index in [-0.39, 0.29) is 11.3 Å². The molecular formula is C7H9F4NO2. The highest BCUT2D eigenvalue weighted by Crippen LogP contribution is 2.43. The van der Waals surface area contributed by atoms with Crippen LogP contribution in [0.2, 0.25) is 0 Å². The van der Waals surface area contributed by atoms with Crippen molar-refractivity contribution in [2.45, 2.75) is 30.9 Å². The molecule has 1 aliphatic rings. The smallest absolute Gasteiger partial charge is 0.353 e. The second-order valence-corrected chi connectivity index (χ2v) is 3.19. The quantitative estimate of drug-likeness (QED) is 0.693. The van der Waals surface area contributed by atoms with Crippen LogP contribution in [0, 0.1) is 0 Å². The first-order chi connectivity index (χ1) is 6.23. The third kappa shape index (κ3) is 1.26. The van der Waals surface area contributed by atoms with Crippen LogP contribution in [0.25, 0.3) is 0 Å². The number of hydrogen-bond donors (Lipinski definition) is 1. The summed E-state index contributed by atoms with van der Waals surface area (Å²) < 4.78 is 49.7. The van der Waals surface area contributed by atoms with Crippen LogP contribution in [-0.4, -0.2) is 41.0 Å². The fourth-order valence-electron chi connectivity index (χ4n) is 1.39. The largest absolute Gasteiger partial charge is 0.365 e. The minimum absolute atomic E-state index is 0.277. The lowest BCUT2D eigenvalue weighted by molar-refractivity contribution is -0.280. The van der Waals surface area contributed by atoms with Crippen LogP contribution in [0.3, 0.4) is 0 Å². The zero-order valence-electron chi connectivity index (χ0n) is 7.31. The van der Waals surface area contributed by atoms with E-state index in [1.807, 2.05) is 0 Å². The van der Waals surface area contributed by atoms with E-state index in [0.717, 1.165) is 7.05 Å². The molecule has 0 saturated carbocycles. The van der Waals surface area contributed by atoms with Crippen LogP contribution in [0.4, 0.5) is 17.6 Å². The number of likely N-dealkylation sites (tertiary alicyclic amines) is 1. The van der Waals surface area contributed by atoms with Crippen LogP contribution in [-0.2, 0) is 4.79 Å². The molecule has 0 aromatic rings. The van der Waals surface area contributed by atoms with E-state index in [2.05, 4.69) is 0 Å². The van der Waals surface area contributed by atoms with E-state index in [9.17, 15) is 27.5 Å². The molecule has 1 amide bonds. The van der Waals surface area contributed by atoms with Gasteiger partial charge >= 0.3 is 12.3 Å².